The Kier molecular flexibility index (Phi) is 5.32. The lowest BCUT2D eigenvalue weighted by Gasteiger charge is -2.13. The standard InChI is InChI=1S/C17H19BrFN/c1-12-5-7-13(8-6-12)9-10-15(20)11-14-3-2-4-16(19)17(14)18/h2-8,15H,9-11,20H2,1H3. The zero-order chi connectivity index (χ0) is 14.5. The van der Waals surface area contributed by atoms with Crippen LogP contribution in [0.3, 0.4) is 0 Å². The van der Waals surface area contributed by atoms with E-state index < -0.39 is 0 Å². The Morgan fingerprint density at radius 3 is 2.55 bits per heavy atom. The van der Waals surface area contributed by atoms with Gasteiger partial charge in [-0.1, -0.05) is 42.0 Å². The van der Waals surface area contributed by atoms with E-state index in [2.05, 4.69) is 47.1 Å². The molecule has 1 unspecified atom stereocenters. The summed E-state index contributed by atoms with van der Waals surface area (Å²) in [7, 11) is 0. The Labute approximate surface area is 128 Å². The van der Waals surface area contributed by atoms with E-state index in [9.17, 15) is 4.39 Å². The second-order valence-electron chi connectivity index (χ2n) is 5.20. The number of rotatable bonds is 5. The van der Waals surface area contributed by atoms with Gasteiger partial charge in [0.05, 0.1) is 4.47 Å². The molecule has 0 saturated carbocycles. The van der Waals surface area contributed by atoms with Crippen molar-refractivity contribution in [3.05, 3.63) is 69.4 Å². The van der Waals surface area contributed by atoms with Crippen molar-refractivity contribution in [1.29, 1.82) is 0 Å². The summed E-state index contributed by atoms with van der Waals surface area (Å²) < 4.78 is 14.0. The van der Waals surface area contributed by atoms with Crippen LogP contribution >= 0.6 is 15.9 Å². The van der Waals surface area contributed by atoms with Crippen LogP contribution < -0.4 is 5.73 Å². The third-order valence-electron chi connectivity index (χ3n) is 3.44. The first-order chi connectivity index (χ1) is 9.56. The van der Waals surface area contributed by atoms with Gasteiger partial charge < -0.3 is 5.73 Å². The van der Waals surface area contributed by atoms with E-state index >= 15 is 0 Å². The van der Waals surface area contributed by atoms with Gasteiger partial charge in [-0.2, -0.15) is 0 Å². The molecule has 0 spiro atoms. The number of benzene rings is 2. The molecule has 0 aromatic heterocycles. The van der Waals surface area contributed by atoms with E-state index in [0.717, 1.165) is 18.4 Å². The molecule has 2 aromatic carbocycles. The maximum atomic E-state index is 13.4. The van der Waals surface area contributed by atoms with E-state index in [1.807, 2.05) is 6.07 Å². The van der Waals surface area contributed by atoms with Gasteiger partial charge in [-0.15, -0.1) is 0 Å². The van der Waals surface area contributed by atoms with Crippen molar-refractivity contribution in [2.75, 3.05) is 0 Å². The average Bonchev–Trinajstić information content (AvgIpc) is 2.43. The third kappa shape index (κ3) is 4.15. The maximum absolute atomic E-state index is 13.4. The van der Waals surface area contributed by atoms with Gasteiger partial charge in [-0.25, -0.2) is 4.39 Å². The zero-order valence-electron chi connectivity index (χ0n) is 11.6. The van der Waals surface area contributed by atoms with Crippen molar-refractivity contribution >= 4 is 15.9 Å². The number of hydrogen-bond donors (Lipinski definition) is 1. The first-order valence-electron chi connectivity index (χ1n) is 6.80. The first kappa shape index (κ1) is 15.2. The normalized spacial score (nSPS) is 12.4. The van der Waals surface area contributed by atoms with Gasteiger partial charge in [-0.05, 0) is 59.3 Å². The fraction of sp³-hybridized carbons (Fsp3) is 0.294. The van der Waals surface area contributed by atoms with Crippen LogP contribution in [0.4, 0.5) is 4.39 Å². The monoisotopic (exact) mass is 335 g/mol. The van der Waals surface area contributed by atoms with Crippen LogP contribution in [0.5, 0.6) is 0 Å². The smallest absolute Gasteiger partial charge is 0.137 e. The highest BCUT2D eigenvalue weighted by Gasteiger charge is 2.10. The Bertz CT molecular complexity index is 566. The summed E-state index contributed by atoms with van der Waals surface area (Å²) in [6, 6.07) is 13.6. The van der Waals surface area contributed by atoms with Crippen molar-refractivity contribution in [3.8, 4) is 0 Å². The number of halogens is 2. The van der Waals surface area contributed by atoms with Crippen LogP contribution in [0.25, 0.3) is 0 Å². The van der Waals surface area contributed by atoms with Crippen LogP contribution in [0.15, 0.2) is 46.9 Å². The van der Waals surface area contributed by atoms with Gasteiger partial charge in [0.15, 0.2) is 0 Å². The molecule has 0 fully saturated rings. The molecule has 3 heteroatoms. The first-order valence-corrected chi connectivity index (χ1v) is 7.59. The lowest BCUT2D eigenvalue weighted by atomic mass is 9.99. The fourth-order valence-corrected chi connectivity index (χ4v) is 2.62. The molecule has 1 nitrogen and oxygen atoms in total. The largest absolute Gasteiger partial charge is 0.327 e. The van der Waals surface area contributed by atoms with Crippen LogP contribution in [-0.4, -0.2) is 6.04 Å². The Morgan fingerprint density at radius 2 is 1.85 bits per heavy atom. The van der Waals surface area contributed by atoms with Crippen LogP contribution in [-0.2, 0) is 12.8 Å². The molecule has 2 rings (SSSR count). The van der Waals surface area contributed by atoms with E-state index in [4.69, 9.17) is 5.73 Å². The van der Waals surface area contributed by atoms with Gasteiger partial charge in [0.25, 0.3) is 0 Å². The van der Waals surface area contributed by atoms with Crippen molar-refractivity contribution in [3.63, 3.8) is 0 Å². The summed E-state index contributed by atoms with van der Waals surface area (Å²) in [6.07, 6.45) is 2.53. The van der Waals surface area contributed by atoms with Gasteiger partial charge in [-0.3, -0.25) is 0 Å². The second kappa shape index (κ2) is 7.00. The summed E-state index contributed by atoms with van der Waals surface area (Å²) in [5.41, 5.74) is 9.65. The Balaban J connectivity index is 1.91. The van der Waals surface area contributed by atoms with Crippen LogP contribution in [0, 0.1) is 12.7 Å². The lowest BCUT2D eigenvalue weighted by Crippen LogP contribution is -2.23. The molecule has 0 bridgehead atoms. The zero-order valence-corrected chi connectivity index (χ0v) is 13.2. The van der Waals surface area contributed by atoms with Gasteiger partial charge in [0.2, 0.25) is 0 Å². The highest BCUT2D eigenvalue weighted by Crippen LogP contribution is 2.22. The molecule has 0 heterocycles. The lowest BCUT2D eigenvalue weighted by molar-refractivity contribution is 0.593. The number of nitrogens with two attached hydrogens (primary N) is 1. The predicted molar refractivity (Wildman–Crippen MR) is 85.3 cm³/mol. The molecule has 0 aliphatic rings. The molecular weight excluding hydrogens is 317 g/mol. The summed E-state index contributed by atoms with van der Waals surface area (Å²) >= 11 is 3.28. The highest BCUT2D eigenvalue weighted by molar-refractivity contribution is 9.10. The molecule has 20 heavy (non-hydrogen) atoms. The highest BCUT2D eigenvalue weighted by atomic mass is 79.9. The van der Waals surface area contributed by atoms with Crippen molar-refractivity contribution < 1.29 is 4.39 Å². The molecule has 0 amide bonds. The summed E-state index contributed by atoms with van der Waals surface area (Å²) in [5, 5.41) is 0. The fourth-order valence-electron chi connectivity index (χ4n) is 2.20. The van der Waals surface area contributed by atoms with Gasteiger partial charge in [0, 0.05) is 6.04 Å². The van der Waals surface area contributed by atoms with Crippen molar-refractivity contribution in [1.82, 2.24) is 0 Å². The van der Waals surface area contributed by atoms with E-state index in [-0.39, 0.29) is 11.9 Å². The molecule has 2 aromatic rings. The number of aryl methyl sites for hydroxylation is 2. The number of hydrogen-bond acceptors (Lipinski definition) is 1. The third-order valence-corrected chi connectivity index (χ3v) is 4.33. The maximum Gasteiger partial charge on any atom is 0.137 e. The topological polar surface area (TPSA) is 26.0 Å². The Hall–Kier alpha value is -1.19. The minimum Gasteiger partial charge on any atom is -0.327 e. The molecule has 2 N–H and O–H groups in total. The predicted octanol–water partition coefficient (Wildman–Crippen LogP) is 4.40. The summed E-state index contributed by atoms with van der Waals surface area (Å²) in [6.45, 7) is 2.08. The average molecular weight is 336 g/mol. The molecule has 0 aliphatic carbocycles. The van der Waals surface area contributed by atoms with Crippen LogP contribution in [0.1, 0.15) is 23.1 Å². The molecule has 0 saturated heterocycles. The minimum atomic E-state index is -0.228. The SMILES string of the molecule is Cc1ccc(CCC(N)Cc2cccc(F)c2Br)cc1. The van der Waals surface area contributed by atoms with E-state index in [1.165, 1.54) is 17.2 Å². The Morgan fingerprint density at radius 1 is 1.15 bits per heavy atom. The molecular formula is C17H19BrFN. The van der Waals surface area contributed by atoms with Gasteiger partial charge in [0.1, 0.15) is 5.82 Å². The van der Waals surface area contributed by atoms with Crippen LogP contribution in [0.2, 0.25) is 0 Å². The molecule has 0 radical (unpaired) electrons. The van der Waals surface area contributed by atoms with E-state index in [0.29, 0.717) is 10.9 Å². The molecule has 1 atom stereocenters. The van der Waals surface area contributed by atoms with E-state index in [1.54, 1.807) is 6.07 Å². The van der Waals surface area contributed by atoms with Gasteiger partial charge >= 0.3 is 0 Å². The summed E-state index contributed by atoms with van der Waals surface area (Å²) in [5.74, 6) is -0.228. The quantitative estimate of drug-likeness (QED) is 0.860. The molecule has 0 aliphatic heterocycles. The second-order valence-corrected chi connectivity index (χ2v) is 5.99. The van der Waals surface area contributed by atoms with Crippen molar-refractivity contribution in [2.45, 2.75) is 32.2 Å². The minimum absolute atomic E-state index is 0.0365. The summed E-state index contributed by atoms with van der Waals surface area (Å²) in [4.78, 5) is 0. The molecule has 106 valence electrons. The van der Waals surface area contributed by atoms with Crippen molar-refractivity contribution in [2.24, 2.45) is 5.73 Å².